The summed E-state index contributed by atoms with van der Waals surface area (Å²) in [5.41, 5.74) is 1.66. The van der Waals surface area contributed by atoms with Gasteiger partial charge < -0.3 is 10.2 Å². The molecule has 0 fully saturated rings. The van der Waals surface area contributed by atoms with Gasteiger partial charge in [-0.05, 0) is 42.3 Å². The number of amides is 3. The van der Waals surface area contributed by atoms with Crippen LogP contribution in [0.2, 0.25) is 5.02 Å². The van der Waals surface area contributed by atoms with Gasteiger partial charge in [0.2, 0.25) is 11.8 Å². The number of halogens is 1. The van der Waals surface area contributed by atoms with Crippen molar-refractivity contribution in [3.63, 3.8) is 0 Å². The summed E-state index contributed by atoms with van der Waals surface area (Å²) >= 11 is 6.17. The van der Waals surface area contributed by atoms with Crippen molar-refractivity contribution < 1.29 is 22.8 Å². The Kier molecular flexibility index (Phi) is 8.48. The first-order chi connectivity index (χ1) is 18.2. The Morgan fingerprint density at radius 3 is 2.34 bits per heavy atom. The van der Waals surface area contributed by atoms with Crippen molar-refractivity contribution in [2.24, 2.45) is 0 Å². The summed E-state index contributed by atoms with van der Waals surface area (Å²) in [4.78, 5) is 41.1. The molecule has 0 spiro atoms. The average Bonchev–Trinajstić information content (AvgIpc) is 3.10. The van der Waals surface area contributed by atoms with E-state index >= 15 is 0 Å². The summed E-state index contributed by atoms with van der Waals surface area (Å²) < 4.78 is 26.7. The van der Waals surface area contributed by atoms with E-state index in [4.69, 9.17) is 11.6 Å². The van der Waals surface area contributed by atoms with Gasteiger partial charge in [-0.2, -0.15) is 0 Å². The van der Waals surface area contributed by atoms with Gasteiger partial charge in [0, 0.05) is 37.5 Å². The average molecular weight is 554 g/mol. The fraction of sp³-hybridized carbons (Fsp3) is 0.250. The zero-order valence-electron chi connectivity index (χ0n) is 20.8. The number of hydrogen-bond donors (Lipinski definition) is 1. The molecule has 0 saturated heterocycles. The maximum absolute atomic E-state index is 13.7. The molecule has 0 saturated carbocycles. The van der Waals surface area contributed by atoms with Gasteiger partial charge in [-0.3, -0.25) is 14.4 Å². The van der Waals surface area contributed by atoms with Crippen LogP contribution in [0.5, 0.6) is 0 Å². The Labute approximate surface area is 227 Å². The van der Waals surface area contributed by atoms with Gasteiger partial charge in [0.1, 0.15) is 10.9 Å². The summed E-state index contributed by atoms with van der Waals surface area (Å²) in [5, 5.41) is 3.29. The van der Waals surface area contributed by atoms with E-state index in [1.807, 2.05) is 30.3 Å². The Hall–Kier alpha value is -3.69. The lowest BCUT2D eigenvalue weighted by Crippen LogP contribution is -2.51. The number of likely N-dealkylation sites (N-methyl/N-ethyl adjacent to an activating group) is 1. The molecule has 1 N–H and O–H groups in total. The Balaban J connectivity index is 1.62. The predicted molar refractivity (Wildman–Crippen MR) is 144 cm³/mol. The van der Waals surface area contributed by atoms with Crippen molar-refractivity contribution in [2.45, 2.75) is 37.2 Å². The molecule has 1 aliphatic heterocycles. The summed E-state index contributed by atoms with van der Waals surface area (Å²) in [6.07, 6.45) is -0.0322. The molecule has 1 unspecified atom stereocenters. The van der Waals surface area contributed by atoms with Crippen molar-refractivity contribution in [2.75, 3.05) is 13.1 Å². The number of carbonyl (C=O) groups is 3. The van der Waals surface area contributed by atoms with Crippen molar-refractivity contribution in [3.8, 4) is 0 Å². The van der Waals surface area contributed by atoms with Crippen LogP contribution in [0.4, 0.5) is 0 Å². The van der Waals surface area contributed by atoms with Crippen LogP contribution in [-0.4, -0.2) is 54.5 Å². The fourth-order valence-electron chi connectivity index (χ4n) is 4.47. The van der Waals surface area contributed by atoms with Crippen LogP contribution in [0, 0.1) is 0 Å². The molecule has 198 valence electrons. The maximum atomic E-state index is 13.7. The first-order valence-electron chi connectivity index (χ1n) is 12.2. The summed E-state index contributed by atoms with van der Waals surface area (Å²) in [6, 6.07) is 21.4. The van der Waals surface area contributed by atoms with E-state index in [2.05, 4.69) is 5.32 Å². The molecule has 0 aliphatic carbocycles. The van der Waals surface area contributed by atoms with Crippen LogP contribution in [0.3, 0.4) is 0 Å². The highest BCUT2D eigenvalue weighted by Gasteiger charge is 2.41. The number of carbonyl (C=O) groups excluding carboxylic acids is 3. The summed E-state index contributed by atoms with van der Waals surface area (Å²) in [5.74, 6) is -1.46. The van der Waals surface area contributed by atoms with Crippen LogP contribution >= 0.6 is 11.6 Å². The number of sulfonamides is 1. The third-order valence-electron chi connectivity index (χ3n) is 6.30. The monoisotopic (exact) mass is 553 g/mol. The third-order valence-corrected chi connectivity index (χ3v) is 8.38. The zero-order valence-corrected chi connectivity index (χ0v) is 22.4. The lowest BCUT2D eigenvalue weighted by Gasteiger charge is -2.32. The first kappa shape index (κ1) is 27.3. The number of benzene rings is 3. The minimum Gasteiger partial charge on any atom is -0.355 e. The number of nitrogens with zero attached hydrogens (tertiary/aromatic N) is 2. The van der Waals surface area contributed by atoms with E-state index in [0.29, 0.717) is 17.1 Å². The van der Waals surface area contributed by atoms with Crippen LogP contribution < -0.4 is 5.32 Å². The number of hydrogen-bond acceptors (Lipinski definition) is 5. The predicted octanol–water partition coefficient (Wildman–Crippen LogP) is 3.65. The largest absolute Gasteiger partial charge is 0.355 e. The van der Waals surface area contributed by atoms with Gasteiger partial charge in [0.05, 0.1) is 5.56 Å². The Morgan fingerprint density at radius 1 is 0.974 bits per heavy atom. The van der Waals surface area contributed by atoms with Gasteiger partial charge in [-0.15, -0.1) is 0 Å². The molecular formula is C28H28ClN3O5S. The van der Waals surface area contributed by atoms with Crippen LogP contribution in [0.25, 0.3) is 0 Å². The van der Waals surface area contributed by atoms with Gasteiger partial charge in [-0.25, -0.2) is 12.7 Å². The maximum Gasteiger partial charge on any atom is 0.269 e. The molecule has 3 aromatic carbocycles. The number of fused-ring (bicyclic) bond motifs is 1. The van der Waals surface area contributed by atoms with Crippen LogP contribution in [0.15, 0.2) is 83.8 Å². The molecule has 8 nitrogen and oxygen atoms in total. The highest BCUT2D eigenvalue weighted by atomic mass is 35.5. The first-order valence-corrected chi connectivity index (χ1v) is 14.1. The normalized spacial score (nSPS) is 14.6. The lowest BCUT2D eigenvalue weighted by molar-refractivity contribution is -0.141. The molecular weight excluding hydrogens is 526 g/mol. The van der Waals surface area contributed by atoms with E-state index in [-0.39, 0.29) is 42.3 Å². The highest BCUT2D eigenvalue weighted by molar-refractivity contribution is 7.90. The second kappa shape index (κ2) is 11.8. The molecule has 1 heterocycles. The van der Waals surface area contributed by atoms with Crippen molar-refractivity contribution in [3.05, 3.63) is 101 Å². The van der Waals surface area contributed by atoms with E-state index in [0.717, 1.165) is 9.87 Å². The van der Waals surface area contributed by atoms with Gasteiger partial charge >= 0.3 is 0 Å². The molecule has 0 bridgehead atoms. The van der Waals surface area contributed by atoms with E-state index in [1.54, 1.807) is 43.3 Å². The third kappa shape index (κ3) is 5.89. The minimum atomic E-state index is -4.06. The fourth-order valence-corrected chi connectivity index (χ4v) is 6.25. The van der Waals surface area contributed by atoms with Gasteiger partial charge in [0.15, 0.2) is 0 Å². The summed E-state index contributed by atoms with van der Waals surface area (Å²) in [7, 11) is -4.06. The van der Waals surface area contributed by atoms with Crippen LogP contribution in [0.1, 0.15) is 34.8 Å². The molecule has 0 radical (unpaired) electrons. The van der Waals surface area contributed by atoms with E-state index in [1.165, 1.54) is 17.0 Å². The molecule has 38 heavy (non-hydrogen) atoms. The lowest BCUT2D eigenvalue weighted by atomic mass is 10.0. The molecule has 4 rings (SSSR count). The molecule has 1 atom stereocenters. The SMILES string of the molecule is CCNC(=O)C(Cc1ccccc1)N(Cc1cccc(Cl)c1)C(=O)CCN1C(=O)c2ccccc2S1(=O)=O. The minimum absolute atomic E-state index is 0.0717. The van der Waals surface area contributed by atoms with Crippen LogP contribution in [-0.2, 0) is 32.6 Å². The van der Waals surface area contributed by atoms with Gasteiger partial charge in [-0.1, -0.05) is 66.2 Å². The molecule has 3 aromatic rings. The molecule has 0 aromatic heterocycles. The zero-order chi connectivity index (χ0) is 27.3. The van der Waals surface area contributed by atoms with Crippen molar-refractivity contribution >= 4 is 39.3 Å². The van der Waals surface area contributed by atoms with Crippen molar-refractivity contribution in [1.82, 2.24) is 14.5 Å². The Bertz CT molecular complexity index is 1450. The smallest absolute Gasteiger partial charge is 0.269 e. The van der Waals surface area contributed by atoms with Gasteiger partial charge in [0.25, 0.3) is 15.9 Å². The second-order valence-corrected chi connectivity index (χ2v) is 11.1. The van der Waals surface area contributed by atoms with E-state index < -0.39 is 27.9 Å². The molecule has 1 aliphatic rings. The second-order valence-electron chi connectivity index (χ2n) is 8.88. The van der Waals surface area contributed by atoms with Crippen molar-refractivity contribution in [1.29, 1.82) is 0 Å². The topological polar surface area (TPSA) is 104 Å². The van der Waals surface area contributed by atoms with E-state index in [9.17, 15) is 22.8 Å². The number of rotatable bonds is 10. The number of nitrogens with one attached hydrogen (secondary N) is 1. The molecule has 10 heteroatoms. The quantitative estimate of drug-likeness (QED) is 0.413. The summed E-state index contributed by atoms with van der Waals surface area (Å²) in [6.45, 7) is 1.91. The standard InChI is InChI=1S/C28H28ClN3O5S/c1-2-30-27(34)24(18-20-9-4-3-5-10-20)31(19-21-11-8-12-22(29)17-21)26(33)15-16-32-28(35)23-13-6-7-14-25(23)38(32,36)37/h3-14,17,24H,2,15-16,18-19H2,1H3,(H,30,34). The highest BCUT2D eigenvalue weighted by Crippen LogP contribution is 2.30. The Morgan fingerprint density at radius 2 is 1.66 bits per heavy atom. The molecule has 3 amide bonds.